The first-order chi connectivity index (χ1) is 20.1. The van der Waals surface area contributed by atoms with Gasteiger partial charge in [-0.1, -0.05) is 17.7 Å². The number of thiophene rings is 1. The number of fused-ring (bicyclic) bond motifs is 2. The number of anilines is 2. The van der Waals surface area contributed by atoms with Gasteiger partial charge in [-0.3, -0.25) is 14.9 Å². The van der Waals surface area contributed by atoms with E-state index in [1.54, 1.807) is 17.5 Å². The lowest BCUT2D eigenvalue weighted by Crippen LogP contribution is -2.39. The highest BCUT2D eigenvalue weighted by atomic mass is 35.5. The molecule has 4 aromatic heterocycles. The van der Waals surface area contributed by atoms with Gasteiger partial charge in [-0.2, -0.15) is 4.98 Å². The largest absolute Gasteiger partial charge is 0.456 e. The molecule has 41 heavy (non-hydrogen) atoms. The lowest BCUT2D eigenvalue weighted by Gasteiger charge is -2.29. The van der Waals surface area contributed by atoms with Crippen LogP contribution in [0.15, 0.2) is 83.5 Å². The number of hydrogen-bond acceptors (Lipinski definition) is 9. The zero-order valence-corrected chi connectivity index (χ0v) is 23.7. The van der Waals surface area contributed by atoms with E-state index in [4.69, 9.17) is 31.5 Å². The van der Waals surface area contributed by atoms with Crippen molar-refractivity contribution in [1.82, 2.24) is 19.9 Å². The average molecular weight is 583 g/mol. The molecule has 0 saturated carbocycles. The number of pyridine rings is 2. The number of halogens is 1. The predicted molar refractivity (Wildman–Crippen MR) is 164 cm³/mol. The van der Waals surface area contributed by atoms with E-state index in [0.717, 1.165) is 64.7 Å². The third-order valence-electron chi connectivity index (χ3n) is 7.17. The highest BCUT2D eigenvalue weighted by Crippen LogP contribution is 2.39. The molecule has 7 rings (SSSR count). The number of aromatic nitrogens is 3. The summed E-state index contributed by atoms with van der Waals surface area (Å²) in [6, 6.07) is 21.9. The van der Waals surface area contributed by atoms with Crippen molar-refractivity contribution in [3.63, 3.8) is 0 Å². The summed E-state index contributed by atoms with van der Waals surface area (Å²) < 4.78 is 13.1. The highest BCUT2D eigenvalue weighted by Gasteiger charge is 2.17. The van der Waals surface area contributed by atoms with Gasteiger partial charge in [0.2, 0.25) is 0 Å². The number of nitrogens with two attached hydrogens (primary N) is 1. The Balaban J connectivity index is 1.08. The first kappa shape index (κ1) is 25.9. The normalized spacial score (nSPS) is 14.6. The molecule has 0 unspecified atom stereocenters. The molecule has 206 valence electrons. The smallest absolute Gasteiger partial charge is 0.300 e. The second-order valence-electron chi connectivity index (χ2n) is 10.2. The van der Waals surface area contributed by atoms with Gasteiger partial charge >= 0.3 is 0 Å². The van der Waals surface area contributed by atoms with Gasteiger partial charge in [0.25, 0.3) is 6.01 Å². The van der Waals surface area contributed by atoms with Gasteiger partial charge in [-0.05, 0) is 80.0 Å². The molecule has 10 heteroatoms. The van der Waals surface area contributed by atoms with Gasteiger partial charge in [-0.25, -0.2) is 0 Å². The summed E-state index contributed by atoms with van der Waals surface area (Å²) >= 11 is 7.60. The fourth-order valence-electron chi connectivity index (χ4n) is 4.96. The first-order valence-corrected chi connectivity index (χ1v) is 14.7. The number of hydrogen-bond donors (Lipinski definition) is 2. The zero-order chi connectivity index (χ0) is 27.8. The SMILES string of the molecule is NC1CCN(Cc2ccc(-c3cc4nccc(Oc5ccc6oc(Nc7ccc(Cl)cc7)nc6c5)c4s3)nc2)CC1. The van der Waals surface area contributed by atoms with Gasteiger partial charge in [0.1, 0.15) is 17.0 Å². The number of likely N-dealkylation sites (tertiary alicyclic amines) is 1. The van der Waals surface area contributed by atoms with E-state index in [1.807, 2.05) is 54.7 Å². The number of piperidine rings is 1. The molecule has 0 atom stereocenters. The van der Waals surface area contributed by atoms with Crippen LogP contribution in [0, 0.1) is 0 Å². The van der Waals surface area contributed by atoms with Crippen molar-refractivity contribution in [1.29, 1.82) is 0 Å². The van der Waals surface area contributed by atoms with Crippen molar-refractivity contribution in [3.8, 4) is 22.1 Å². The third kappa shape index (κ3) is 5.75. The van der Waals surface area contributed by atoms with Crippen LogP contribution in [0.2, 0.25) is 5.02 Å². The summed E-state index contributed by atoms with van der Waals surface area (Å²) in [6.07, 6.45) is 5.85. The van der Waals surface area contributed by atoms with Gasteiger partial charge in [0.15, 0.2) is 5.58 Å². The molecule has 0 amide bonds. The lowest BCUT2D eigenvalue weighted by atomic mass is 10.1. The van der Waals surface area contributed by atoms with Crippen molar-refractivity contribution in [3.05, 3.63) is 89.7 Å². The van der Waals surface area contributed by atoms with Crippen LogP contribution in [0.4, 0.5) is 11.7 Å². The Morgan fingerprint density at radius 1 is 1.00 bits per heavy atom. The molecule has 0 spiro atoms. The van der Waals surface area contributed by atoms with E-state index < -0.39 is 0 Å². The first-order valence-electron chi connectivity index (χ1n) is 13.5. The van der Waals surface area contributed by atoms with E-state index >= 15 is 0 Å². The fourth-order valence-corrected chi connectivity index (χ4v) is 6.13. The van der Waals surface area contributed by atoms with Crippen LogP contribution in [-0.4, -0.2) is 39.0 Å². The van der Waals surface area contributed by atoms with Gasteiger partial charge in [0, 0.05) is 47.8 Å². The molecule has 0 bridgehead atoms. The van der Waals surface area contributed by atoms with Crippen LogP contribution < -0.4 is 15.8 Å². The Morgan fingerprint density at radius 2 is 1.85 bits per heavy atom. The maximum Gasteiger partial charge on any atom is 0.300 e. The molecule has 6 aromatic rings. The van der Waals surface area contributed by atoms with Crippen LogP contribution in [0.3, 0.4) is 0 Å². The molecule has 0 radical (unpaired) electrons. The minimum absolute atomic E-state index is 0.336. The molecule has 1 saturated heterocycles. The molecule has 1 fully saturated rings. The predicted octanol–water partition coefficient (Wildman–Crippen LogP) is 7.61. The quantitative estimate of drug-likeness (QED) is 0.198. The molecular weight excluding hydrogens is 556 g/mol. The summed E-state index contributed by atoms with van der Waals surface area (Å²) in [5.74, 6) is 1.39. The fraction of sp³-hybridized carbons (Fsp3) is 0.194. The Bertz CT molecular complexity index is 1810. The Labute approximate surface area is 245 Å². The molecular formula is C31H27ClN6O2S. The van der Waals surface area contributed by atoms with Crippen molar-refractivity contribution >= 4 is 56.0 Å². The van der Waals surface area contributed by atoms with Gasteiger partial charge in [-0.15, -0.1) is 11.3 Å². The Hall–Kier alpha value is -4.02. The Kier molecular flexibility index (Phi) is 7.02. The Morgan fingerprint density at radius 3 is 2.66 bits per heavy atom. The summed E-state index contributed by atoms with van der Waals surface area (Å²) in [4.78, 5) is 17.4. The second-order valence-corrected chi connectivity index (χ2v) is 11.7. The molecule has 8 nitrogen and oxygen atoms in total. The van der Waals surface area contributed by atoms with Crippen LogP contribution >= 0.6 is 22.9 Å². The molecule has 5 heterocycles. The van der Waals surface area contributed by atoms with E-state index in [9.17, 15) is 0 Å². The van der Waals surface area contributed by atoms with Crippen molar-refractivity contribution in [2.24, 2.45) is 5.73 Å². The van der Waals surface area contributed by atoms with Crippen LogP contribution in [0.25, 0.3) is 31.9 Å². The molecule has 1 aliphatic rings. The van der Waals surface area contributed by atoms with Gasteiger partial charge in [0.05, 0.1) is 20.8 Å². The van der Waals surface area contributed by atoms with Crippen LogP contribution in [-0.2, 0) is 6.54 Å². The zero-order valence-electron chi connectivity index (χ0n) is 22.1. The molecule has 1 aliphatic heterocycles. The minimum Gasteiger partial charge on any atom is -0.456 e. The standard InChI is InChI=1S/C31H27ClN6O2S/c32-20-2-4-22(5-3-20)36-31-37-25-15-23(6-8-27(25)40-31)39-28-9-12-34-26-16-29(41-30(26)28)24-7-1-19(17-35-24)18-38-13-10-21(33)11-14-38/h1-9,12,15-17,21H,10-11,13-14,18,33H2,(H,36,37). The number of nitrogens with one attached hydrogen (secondary N) is 1. The molecule has 3 N–H and O–H groups in total. The van der Waals surface area contributed by atoms with E-state index in [-0.39, 0.29) is 0 Å². The summed E-state index contributed by atoms with van der Waals surface area (Å²) in [7, 11) is 0. The summed E-state index contributed by atoms with van der Waals surface area (Å²) in [5, 5.41) is 3.83. The monoisotopic (exact) mass is 582 g/mol. The maximum absolute atomic E-state index is 6.32. The molecule has 2 aromatic carbocycles. The highest BCUT2D eigenvalue weighted by molar-refractivity contribution is 7.22. The van der Waals surface area contributed by atoms with Crippen molar-refractivity contribution < 1.29 is 9.15 Å². The maximum atomic E-state index is 6.32. The van der Waals surface area contributed by atoms with Gasteiger partial charge < -0.3 is 20.2 Å². The van der Waals surface area contributed by atoms with E-state index in [0.29, 0.717) is 33.9 Å². The summed E-state index contributed by atoms with van der Waals surface area (Å²) in [5.41, 5.74) is 11.2. The number of rotatable bonds is 7. The number of nitrogens with zero attached hydrogens (tertiary/aromatic N) is 4. The van der Waals surface area contributed by atoms with E-state index in [2.05, 4.69) is 38.4 Å². The second kappa shape index (κ2) is 11.1. The number of oxazole rings is 1. The average Bonchev–Trinajstić information content (AvgIpc) is 3.60. The van der Waals surface area contributed by atoms with Crippen LogP contribution in [0.1, 0.15) is 18.4 Å². The van der Waals surface area contributed by atoms with E-state index in [1.165, 1.54) is 5.56 Å². The van der Waals surface area contributed by atoms with Crippen molar-refractivity contribution in [2.75, 3.05) is 18.4 Å². The van der Waals surface area contributed by atoms with Crippen molar-refractivity contribution in [2.45, 2.75) is 25.4 Å². The third-order valence-corrected chi connectivity index (χ3v) is 8.59. The van der Waals surface area contributed by atoms with Crippen LogP contribution in [0.5, 0.6) is 11.5 Å². The topological polar surface area (TPSA) is 102 Å². The lowest BCUT2D eigenvalue weighted by molar-refractivity contribution is 0.205. The molecule has 0 aliphatic carbocycles. The number of benzene rings is 2. The summed E-state index contributed by atoms with van der Waals surface area (Å²) in [6.45, 7) is 2.98. The minimum atomic E-state index is 0.336. The number of ether oxygens (including phenoxy) is 1.